The van der Waals surface area contributed by atoms with Crippen molar-refractivity contribution in [2.24, 2.45) is 0 Å². The van der Waals surface area contributed by atoms with Gasteiger partial charge in [0, 0.05) is 42.0 Å². The van der Waals surface area contributed by atoms with Gasteiger partial charge in [-0.25, -0.2) is 4.98 Å². The number of pyridine rings is 1. The average Bonchev–Trinajstić information content (AvgIpc) is 3.04. The molecule has 0 radical (unpaired) electrons. The van der Waals surface area contributed by atoms with Crippen molar-refractivity contribution >= 4 is 17.6 Å². The lowest BCUT2D eigenvalue weighted by Gasteiger charge is -2.40. The van der Waals surface area contributed by atoms with Crippen molar-refractivity contribution in [3.63, 3.8) is 0 Å². The zero-order valence-electron chi connectivity index (χ0n) is 18.4. The molecule has 2 aromatic rings. The highest BCUT2D eigenvalue weighted by atomic mass is 16.5. The number of benzene rings is 1. The number of nitrogens with one attached hydrogen (secondary N) is 2. The van der Waals surface area contributed by atoms with Crippen LogP contribution in [0.4, 0.5) is 5.82 Å². The summed E-state index contributed by atoms with van der Waals surface area (Å²) >= 11 is 0. The number of hydrogen-bond acceptors (Lipinski definition) is 5. The molecule has 164 valence electrons. The minimum absolute atomic E-state index is 0.0429. The third-order valence-electron chi connectivity index (χ3n) is 6.43. The zero-order valence-corrected chi connectivity index (χ0v) is 18.4. The summed E-state index contributed by atoms with van der Waals surface area (Å²) in [6, 6.07) is 10.2. The summed E-state index contributed by atoms with van der Waals surface area (Å²) in [4.78, 5) is 31.8. The third-order valence-corrected chi connectivity index (χ3v) is 6.43. The molecule has 0 unspecified atom stereocenters. The Morgan fingerprint density at radius 2 is 1.87 bits per heavy atom. The van der Waals surface area contributed by atoms with E-state index in [0.29, 0.717) is 29.8 Å². The second-order valence-corrected chi connectivity index (χ2v) is 8.33. The number of amides is 2. The molecule has 2 N–H and O–H groups in total. The van der Waals surface area contributed by atoms with Gasteiger partial charge in [-0.2, -0.15) is 0 Å². The molecule has 0 spiro atoms. The first-order valence-electron chi connectivity index (χ1n) is 11.0. The van der Waals surface area contributed by atoms with E-state index in [1.54, 1.807) is 13.3 Å². The van der Waals surface area contributed by atoms with E-state index >= 15 is 0 Å². The van der Waals surface area contributed by atoms with E-state index < -0.39 is 0 Å². The van der Waals surface area contributed by atoms with Gasteiger partial charge in [0.25, 0.3) is 11.8 Å². The van der Waals surface area contributed by atoms with Crippen LogP contribution in [0.2, 0.25) is 0 Å². The van der Waals surface area contributed by atoms with Crippen molar-refractivity contribution in [3.8, 4) is 5.75 Å². The van der Waals surface area contributed by atoms with Gasteiger partial charge in [0.2, 0.25) is 0 Å². The predicted molar refractivity (Wildman–Crippen MR) is 120 cm³/mol. The summed E-state index contributed by atoms with van der Waals surface area (Å²) in [5.74, 6) is 1.50. The molecule has 1 aromatic heterocycles. The maximum atomic E-state index is 12.9. The molecule has 2 bridgehead atoms. The monoisotopic (exact) mass is 422 g/mol. The number of piperidine rings is 1. The van der Waals surface area contributed by atoms with Crippen LogP contribution in [0, 0.1) is 6.92 Å². The molecule has 31 heavy (non-hydrogen) atoms. The molecule has 7 nitrogen and oxygen atoms in total. The van der Waals surface area contributed by atoms with E-state index in [1.165, 1.54) is 0 Å². The van der Waals surface area contributed by atoms with Gasteiger partial charge in [0.15, 0.2) is 0 Å². The summed E-state index contributed by atoms with van der Waals surface area (Å²) in [5.41, 5.74) is 2.10. The number of fused-ring (bicyclic) bond motifs is 2. The first kappa shape index (κ1) is 21.2. The van der Waals surface area contributed by atoms with Crippen molar-refractivity contribution in [2.75, 3.05) is 18.6 Å². The summed E-state index contributed by atoms with van der Waals surface area (Å²) < 4.78 is 5.35. The minimum Gasteiger partial charge on any atom is -0.496 e. The maximum Gasteiger partial charge on any atom is 0.252 e. The molecule has 2 amide bonds. The summed E-state index contributed by atoms with van der Waals surface area (Å²) in [6.45, 7) is 4.41. The van der Waals surface area contributed by atoms with Crippen LogP contribution in [0.15, 0.2) is 36.5 Å². The van der Waals surface area contributed by atoms with Crippen molar-refractivity contribution in [1.82, 2.24) is 15.6 Å². The Hall–Kier alpha value is -3.09. The van der Waals surface area contributed by atoms with E-state index in [2.05, 4.69) is 20.5 Å². The van der Waals surface area contributed by atoms with Crippen LogP contribution in [0.25, 0.3) is 0 Å². The molecule has 0 saturated carbocycles. The molecule has 2 aliphatic heterocycles. The average molecular weight is 423 g/mol. The molecule has 1 aromatic carbocycles. The first-order valence-corrected chi connectivity index (χ1v) is 11.0. The lowest BCUT2D eigenvalue weighted by Crippen LogP contribution is -2.50. The highest BCUT2D eigenvalue weighted by molar-refractivity contribution is 5.96. The van der Waals surface area contributed by atoms with Crippen LogP contribution in [-0.4, -0.2) is 48.6 Å². The fraction of sp³-hybridized carbons (Fsp3) is 0.458. The number of nitrogens with zero attached hydrogens (tertiary/aromatic N) is 2. The molecule has 7 heteroatoms. The largest absolute Gasteiger partial charge is 0.496 e. The first-order chi connectivity index (χ1) is 15.0. The van der Waals surface area contributed by atoms with Crippen LogP contribution >= 0.6 is 0 Å². The second kappa shape index (κ2) is 8.96. The predicted octanol–water partition coefficient (Wildman–Crippen LogP) is 3.08. The standard InChI is InChI=1S/C24H30N4O3/c1-4-25-23(29)16-8-11-22(26-14-16)28-18-9-10-19(28)13-17(12-18)27-24(30)20-6-5-7-21(31-3)15(20)2/h5-8,11,14,17-19H,4,9-10,12-13H2,1-3H3,(H,25,29)(H,27,30)/t17-,18+,19-. The van der Waals surface area contributed by atoms with Gasteiger partial charge in [-0.1, -0.05) is 6.07 Å². The van der Waals surface area contributed by atoms with Gasteiger partial charge in [-0.05, 0) is 63.8 Å². The highest BCUT2D eigenvalue weighted by Crippen LogP contribution is 2.38. The van der Waals surface area contributed by atoms with Crippen LogP contribution < -0.4 is 20.3 Å². The smallest absolute Gasteiger partial charge is 0.252 e. The van der Waals surface area contributed by atoms with E-state index in [9.17, 15) is 9.59 Å². The molecule has 2 aliphatic rings. The number of ether oxygens (including phenoxy) is 1. The number of carbonyl (C=O) groups is 2. The molecule has 0 aliphatic carbocycles. The molecule has 4 rings (SSSR count). The summed E-state index contributed by atoms with van der Waals surface area (Å²) in [6.07, 6.45) is 5.62. The van der Waals surface area contributed by atoms with Gasteiger partial charge < -0.3 is 20.3 Å². The fourth-order valence-corrected chi connectivity index (χ4v) is 4.95. The van der Waals surface area contributed by atoms with E-state index in [4.69, 9.17) is 4.74 Å². The van der Waals surface area contributed by atoms with Crippen molar-refractivity contribution in [2.45, 2.75) is 57.7 Å². The van der Waals surface area contributed by atoms with Gasteiger partial charge in [-0.15, -0.1) is 0 Å². The summed E-state index contributed by atoms with van der Waals surface area (Å²) in [7, 11) is 1.62. The molecule has 2 saturated heterocycles. The van der Waals surface area contributed by atoms with Crippen molar-refractivity contribution in [1.29, 1.82) is 0 Å². The number of aromatic nitrogens is 1. The van der Waals surface area contributed by atoms with Crippen LogP contribution in [0.3, 0.4) is 0 Å². The van der Waals surface area contributed by atoms with Gasteiger partial charge in [-0.3, -0.25) is 9.59 Å². The van der Waals surface area contributed by atoms with E-state index in [1.807, 2.05) is 44.2 Å². The SMILES string of the molecule is CCNC(=O)c1ccc(N2[C@@H]3CC[C@H]2C[C@@H](NC(=O)c2cccc(OC)c2C)C3)nc1. The number of carbonyl (C=O) groups excluding carboxylic acids is 2. The molecule has 2 fully saturated rings. The topological polar surface area (TPSA) is 83.6 Å². The van der Waals surface area contributed by atoms with Crippen molar-refractivity contribution < 1.29 is 14.3 Å². The Balaban J connectivity index is 1.43. The molecule has 3 atom stereocenters. The Morgan fingerprint density at radius 3 is 2.48 bits per heavy atom. The Kier molecular flexibility index (Phi) is 6.11. The van der Waals surface area contributed by atoms with Crippen LogP contribution in [0.5, 0.6) is 5.75 Å². The molecular formula is C24H30N4O3. The quantitative estimate of drug-likeness (QED) is 0.748. The number of anilines is 1. The lowest BCUT2D eigenvalue weighted by atomic mass is 9.96. The Labute approximate surface area is 183 Å². The Bertz CT molecular complexity index is 946. The van der Waals surface area contributed by atoms with Gasteiger partial charge in [0.05, 0.1) is 12.7 Å². The number of hydrogen-bond donors (Lipinski definition) is 2. The van der Waals surface area contributed by atoms with E-state index in [-0.39, 0.29) is 17.9 Å². The lowest BCUT2D eigenvalue weighted by molar-refractivity contribution is 0.0924. The normalized spacial score (nSPS) is 22.2. The van der Waals surface area contributed by atoms with Crippen LogP contribution in [-0.2, 0) is 0 Å². The second-order valence-electron chi connectivity index (χ2n) is 8.33. The Morgan fingerprint density at radius 1 is 1.13 bits per heavy atom. The van der Waals surface area contributed by atoms with Crippen LogP contribution in [0.1, 0.15) is 58.9 Å². The van der Waals surface area contributed by atoms with Crippen molar-refractivity contribution in [3.05, 3.63) is 53.2 Å². The molecular weight excluding hydrogens is 392 g/mol. The van der Waals surface area contributed by atoms with Gasteiger partial charge >= 0.3 is 0 Å². The maximum absolute atomic E-state index is 12.9. The fourth-order valence-electron chi connectivity index (χ4n) is 4.95. The highest BCUT2D eigenvalue weighted by Gasteiger charge is 2.41. The number of rotatable bonds is 6. The third kappa shape index (κ3) is 4.22. The number of methoxy groups -OCH3 is 1. The zero-order chi connectivity index (χ0) is 22.0. The minimum atomic E-state index is -0.0984. The summed E-state index contributed by atoms with van der Waals surface area (Å²) in [5, 5.41) is 6.04. The van der Waals surface area contributed by atoms with E-state index in [0.717, 1.165) is 42.8 Å². The van der Waals surface area contributed by atoms with Gasteiger partial charge in [0.1, 0.15) is 11.6 Å². The molecule has 3 heterocycles.